The zero-order valence-corrected chi connectivity index (χ0v) is 9.71. The first-order valence-electron chi connectivity index (χ1n) is 6.26. The van der Waals surface area contributed by atoms with E-state index in [-0.39, 0.29) is 0 Å². The first-order valence-corrected chi connectivity index (χ1v) is 6.26. The molecule has 0 aliphatic carbocycles. The van der Waals surface area contributed by atoms with Crippen LogP contribution in [0.1, 0.15) is 33.1 Å². The molecule has 2 heteroatoms. The van der Waals surface area contributed by atoms with Crippen LogP contribution in [0.15, 0.2) is 0 Å². The molecule has 0 N–H and O–H groups in total. The Morgan fingerprint density at radius 1 is 1.07 bits per heavy atom. The lowest BCUT2D eigenvalue weighted by Gasteiger charge is -2.36. The Kier molecular flexibility index (Phi) is 3.45. The van der Waals surface area contributed by atoms with Crippen molar-refractivity contribution in [2.45, 2.75) is 39.2 Å². The van der Waals surface area contributed by atoms with Crippen molar-refractivity contribution in [2.24, 2.45) is 5.92 Å². The molecule has 14 heavy (non-hydrogen) atoms. The van der Waals surface area contributed by atoms with E-state index in [1.807, 2.05) is 0 Å². The van der Waals surface area contributed by atoms with E-state index in [1.54, 1.807) is 0 Å². The molecule has 0 spiro atoms. The molecule has 2 rings (SSSR count). The van der Waals surface area contributed by atoms with Crippen molar-refractivity contribution in [3.05, 3.63) is 0 Å². The number of rotatable bonds is 2. The summed E-state index contributed by atoms with van der Waals surface area (Å²) in [6.45, 7) is 11.3. The maximum atomic E-state index is 2.73. The van der Waals surface area contributed by atoms with Gasteiger partial charge in [-0.25, -0.2) is 0 Å². The molecule has 2 aliphatic rings. The number of piperidine rings is 1. The van der Waals surface area contributed by atoms with Crippen molar-refractivity contribution < 1.29 is 0 Å². The molecule has 1 unspecified atom stereocenters. The third-order valence-corrected chi connectivity index (χ3v) is 3.98. The molecule has 0 radical (unpaired) electrons. The maximum absolute atomic E-state index is 2.73. The molecule has 1 atom stereocenters. The molecular formula is C12H24N2. The third kappa shape index (κ3) is 2.29. The van der Waals surface area contributed by atoms with E-state index in [1.165, 1.54) is 52.0 Å². The van der Waals surface area contributed by atoms with Gasteiger partial charge in [0.1, 0.15) is 0 Å². The summed E-state index contributed by atoms with van der Waals surface area (Å²) in [4.78, 5) is 5.31. The van der Waals surface area contributed by atoms with E-state index in [2.05, 4.69) is 23.6 Å². The highest BCUT2D eigenvalue weighted by molar-refractivity contribution is 4.83. The average molecular weight is 196 g/mol. The Labute approximate surface area is 88.3 Å². The Bertz CT molecular complexity index is 173. The highest BCUT2D eigenvalue weighted by Gasteiger charge is 2.28. The summed E-state index contributed by atoms with van der Waals surface area (Å²) >= 11 is 0. The van der Waals surface area contributed by atoms with Crippen LogP contribution in [-0.4, -0.2) is 48.6 Å². The zero-order valence-electron chi connectivity index (χ0n) is 9.71. The van der Waals surface area contributed by atoms with Gasteiger partial charge in [0.25, 0.3) is 0 Å². The van der Waals surface area contributed by atoms with Gasteiger partial charge < -0.3 is 9.80 Å². The molecule has 0 aromatic carbocycles. The quantitative estimate of drug-likeness (QED) is 0.664. The number of hydrogen-bond donors (Lipinski definition) is 0. The van der Waals surface area contributed by atoms with E-state index >= 15 is 0 Å². The van der Waals surface area contributed by atoms with Crippen LogP contribution in [-0.2, 0) is 0 Å². The Balaban J connectivity index is 1.78. The molecule has 2 heterocycles. The van der Waals surface area contributed by atoms with Crippen LogP contribution >= 0.6 is 0 Å². The van der Waals surface area contributed by atoms with Gasteiger partial charge in [-0.2, -0.15) is 0 Å². The van der Waals surface area contributed by atoms with Crippen molar-refractivity contribution in [2.75, 3.05) is 32.7 Å². The van der Waals surface area contributed by atoms with Crippen LogP contribution < -0.4 is 0 Å². The van der Waals surface area contributed by atoms with E-state index in [0.29, 0.717) is 0 Å². The van der Waals surface area contributed by atoms with E-state index in [4.69, 9.17) is 0 Å². The minimum absolute atomic E-state index is 0.905. The smallest absolute Gasteiger partial charge is 0.0120 e. The molecule has 0 aromatic rings. The second-order valence-electron chi connectivity index (χ2n) is 5.05. The molecule has 0 amide bonds. The van der Waals surface area contributed by atoms with Gasteiger partial charge in [0.05, 0.1) is 0 Å². The van der Waals surface area contributed by atoms with Gasteiger partial charge >= 0.3 is 0 Å². The van der Waals surface area contributed by atoms with Crippen molar-refractivity contribution in [1.82, 2.24) is 9.80 Å². The standard InChI is InChI=1S/C12H24N2/c1-3-13-7-5-12(6-8-13)14-9-4-11(2)10-14/h11-12H,3-10H2,1-2H3. The second-order valence-corrected chi connectivity index (χ2v) is 5.05. The molecule has 0 bridgehead atoms. The van der Waals surface area contributed by atoms with E-state index in [0.717, 1.165) is 12.0 Å². The van der Waals surface area contributed by atoms with Crippen molar-refractivity contribution in [3.63, 3.8) is 0 Å². The summed E-state index contributed by atoms with van der Waals surface area (Å²) in [5.74, 6) is 0.944. The molecular weight excluding hydrogens is 172 g/mol. The highest BCUT2D eigenvalue weighted by atomic mass is 15.2. The Hall–Kier alpha value is -0.0800. The molecule has 2 saturated heterocycles. The molecule has 2 nitrogen and oxygen atoms in total. The third-order valence-electron chi connectivity index (χ3n) is 3.98. The minimum Gasteiger partial charge on any atom is -0.303 e. The van der Waals surface area contributed by atoms with Gasteiger partial charge in [0.15, 0.2) is 0 Å². The fourth-order valence-corrected chi connectivity index (χ4v) is 2.90. The second kappa shape index (κ2) is 4.63. The first kappa shape index (κ1) is 10.4. The summed E-state index contributed by atoms with van der Waals surface area (Å²) in [7, 11) is 0. The van der Waals surface area contributed by atoms with Gasteiger partial charge in [-0.1, -0.05) is 13.8 Å². The molecule has 0 aromatic heterocycles. The van der Waals surface area contributed by atoms with E-state index < -0.39 is 0 Å². The summed E-state index contributed by atoms with van der Waals surface area (Å²) in [6, 6.07) is 0.905. The van der Waals surface area contributed by atoms with Crippen LogP contribution in [0.25, 0.3) is 0 Å². The zero-order chi connectivity index (χ0) is 9.97. The van der Waals surface area contributed by atoms with Gasteiger partial charge in [-0.05, 0) is 51.4 Å². The largest absolute Gasteiger partial charge is 0.303 e. The topological polar surface area (TPSA) is 6.48 Å². The molecule has 2 aliphatic heterocycles. The van der Waals surface area contributed by atoms with Gasteiger partial charge in [0.2, 0.25) is 0 Å². The summed E-state index contributed by atoms with van der Waals surface area (Å²) < 4.78 is 0. The van der Waals surface area contributed by atoms with E-state index in [9.17, 15) is 0 Å². The monoisotopic (exact) mass is 196 g/mol. The van der Waals surface area contributed by atoms with Crippen LogP contribution in [0.3, 0.4) is 0 Å². The van der Waals surface area contributed by atoms with Crippen LogP contribution in [0.5, 0.6) is 0 Å². The predicted octanol–water partition coefficient (Wildman–Crippen LogP) is 1.81. The molecule has 82 valence electrons. The highest BCUT2D eigenvalue weighted by Crippen LogP contribution is 2.23. The minimum atomic E-state index is 0.905. The van der Waals surface area contributed by atoms with Gasteiger partial charge in [-0.3, -0.25) is 0 Å². The molecule has 2 fully saturated rings. The van der Waals surface area contributed by atoms with Crippen LogP contribution in [0.2, 0.25) is 0 Å². The van der Waals surface area contributed by atoms with Crippen LogP contribution in [0, 0.1) is 5.92 Å². The average Bonchev–Trinajstić information content (AvgIpc) is 2.65. The number of likely N-dealkylation sites (tertiary alicyclic amines) is 2. The van der Waals surface area contributed by atoms with Crippen molar-refractivity contribution >= 4 is 0 Å². The predicted molar refractivity (Wildman–Crippen MR) is 60.5 cm³/mol. The molecule has 0 saturated carbocycles. The lowest BCUT2D eigenvalue weighted by molar-refractivity contribution is 0.128. The lowest BCUT2D eigenvalue weighted by Crippen LogP contribution is -2.43. The maximum Gasteiger partial charge on any atom is 0.0120 e. The first-order chi connectivity index (χ1) is 6.79. The summed E-state index contributed by atoms with van der Waals surface area (Å²) in [5.41, 5.74) is 0. The van der Waals surface area contributed by atoms with Crippen molar-refractivity contribution in [3.8, 4) is 0 Å². The summed E-state index contributed by atoms with van der Waals surface area (Å²) in [6.07, 6.45) is 4.23. The number of nitrogens with zero attached hydrogens (tertiary/aromatic N) is 2. The van der Waals surface area contributed by atoms with Crippen molar-refractivity contribution in [1.29, 1.82) is 0 Å². The fraction of sp³-hybridized carbons (Fsp3) is 1.00. The Morgan fingerprint density at radius 2 is 1.79 bits per heavy atom. The van der Waals surface area contributed by atoms with Gasteiger partial charge in [-0.15, -0.1) is 0 Å². The Morgan fingerprint density at radius 3 is 2.29 bits per heavy atom. The lowest BCUT2D eigenvalue weighted by atomic mass is 10.0. The van der Waals surface area contributed by atoms with Gasteiger partial charge in [0, 0.05) is 12.6 Å². The van der Waals surface area contributed by atoms with Crippen LogP contribution in [0.4, 0.5) is 0 Å². The SMILES string of the molecule is CCN1CCC(N2CCC(C)C2)CC1. The summed E-state index contributed by atoms with van der Waals surface area (Å²) in [5, 5.41) is 0. The fourth-order valence-electron chi connectivity index (χ4n) is 2.90. The number of hydrogen-bond acceptors (Lipinski definition) is 2. The normalized spacial score (nSPS) is 32.6.